The Bertz CT molecular complexity index is 1150. The van der Waals surface area contributed by atoms with E-state index in [-0.39, 0.29) is 5.91 Å². The minimum atomic E-state index is -0.148. The van der Waals surface area contributed by atoms with Gasteiger partial charge in [-0.15, -0.1) is 0 Å². The van der Waals surface area contributed by atoms with Crippen molar-refractivity contribution in [2.24, 2.45) is 4.99 Å². The highest BCUT2D eigenvalue weighted by Crippen LogP contribution is 2.41. The summed E-state index contributed by atoms with van der Waals surface area (Å²) < 4.78 is 16.3. The normalized spacial score (nSPS) is 16.0. The molecule has 1 fully saturated rings. The number of amides is 1. The average molecular weight is 447 g/mol. The lowest BCUT2D eigenvalue weighted by Gasteiger charge is -2.15. The molecule has 6 nitrogen and oxygen atoms in total. The molecule has 0 bridgehead atoms. The molecule has 1 amide bonds. The van der Waals surface area contributed by atoms with Crippen LogP contribution >= 0.6 is 11.8 Å². The summed E-state index contributed by atoms with van der Waals surface area (Å²) in [6.07, 6.45) is 1.81. The Morgan fingerprint density at radius 3 is 2.00 bits per heavy atom. The molecule has 1 aliphatic heterocycles. The molecule has 0 N–H and O–H groups in total. The predicted molar refractivity (Wildman–Crippen MR) is 129 cm³/mol. The summed E-state index contributed by atoms with van der Waals surface area (Å²) in [5.41, 5.74) is 2.29. The van der Waals surface area contributed by atoms with Crippen LogP contribution in [0.3, 0.4) is 0 Å². The minimum absolute atomic E-state index is 0.148. The van der Waals surface area contributed by atoms with E-state index in [0.717, 1.165) is 16.9 Å². The van der Waals surface area contributed by atoms with Crippen molar-refractivity contribution in [3.8, 4) is 17.2 Å². The average Bonchev–Trinajstić information content (AvgIpc) is 3.13. The number of methoxy groups -OCH3 is 3. The van der Waals surface area contributed by atoms with Crippen LogP contribution in [0.15, 0.2) is 82.7 Å². The lowest BCUT2D eigenvalue weighted by atomic mass is 10.1. The molecule has 0 aliphatic carbocycles. The van der Waals surface area contributed by atoms with Crippen molar-refractivity contribution < 1.29 is 19.0 Å². The molecule has 0 spiro atoms. The zero-order valence-corrected chi connectivity index (χ0v) is 18.8. The topological polar surface area (TPSA) is 60.4 Å². The van der Waals surface area contributed by atoms with E-state index in [1.807, 2.05) is 60.7 Å². The Kier molecular flexibility index (Phi) is 6.47. The first-order valence-corrected chi connectivity index (χ1v) is 10.7. The van der Waals surface area contributed by atoms with Crippen molar-refractivity contribution in [1.29, 1.82) is 0 Å². The molecule has 4 rings (SSSR count). The van der Waals surface area contributed by atoms with Gasteiger partial charge in [-0.3, -0.25) is 9.69 Å². The standard InChI is InChI=1S/C25H22N2O4S/c1-29-20-14-17(15-21(30-2)23(20)31-3)16-22-24(28)27(19-12-8-5-9-13-19)25(32-22)26-18-10-6-4-7-11-18/h4-16H,1-3H3/b22-16-,26-25?. The fourth-order valence-corrected chi connectivity index (χ4v) is 4.30. The van der Waals surface area contributed by atoms with E-state index < -0.39 is 0 Å². The molecule has 7 heteroatoms. The van der Waals surface area contributed by atoms with Gasteiger partial charge in [0.1, 0.15) is 0 Å². The molecule has 1 heterocycles. The molecule has 32 heavy (non-hydrogen) atoms. The highest BCUT2D eigenvalue weighted by molar-refractivity contribution is 8.19. The first kappa shape index (κ1) is 21.5. The van der Waals surface area contributed by atoms with Gasteiger partial charge in [-0.1, -0.05) is 36.4 Å². The highest BCUT2D eigenvalue weighted by Gasteiger charge is 2.34. The Morgan fingerprint density at radius 1 is 0.844 bits per heavy atom. The molecule has 0 radical (unpaired) electrons. The van der Waals surface area contributed by atoms with Gasteiger partial charge in [0.15, 0.2) is 16.7 Å². The zero-order valence-electron chi connectivity index (χ0n) is 17.9. The largest absolute Gasteiger partial charge is 0.493 e. The molecular formula is C25H22N2O4S. The minimum Gasteiger partial charge on any atom is -0.493 e. The number of anilines is 1. The summed E-state index contributed by atoms with van der Waals surface area (Å²) in [7, 11) is 4.68. The van der Waals surface area contributed by atoms with Crippen molar-refractivity contribution in [3.05, 3.63) is 83.3 Å². The quantitative estimate of drug-likeness (QED) is 0.467. The molecule has 0 saturated carbocycles. The number of carbonyl (C=O) groups is 1. The Hall–Kier alpha value is -3.71. The third-order valence-corrected chi connectivity index (χ3v) is 5.76. The third kappa shape index (κ3) is 4.33. The van der Waals surface area contributed by atoms with Gasteiger partial charge in [-0.2, -0.15) is 0 Å². The van der Waals surface area contributed by atoms with Gasteiger partial charge >= 0.3 is 0 Å². The van der Waals surface area contributed by atoms with Crippen LogP contribution in [0, 0.1) is 0 Å². The second-order valence-corrected chi connectivity index (χ2v) is 7.78. The van der Waals surface area contributed by atoms with E-state index in [9.17, 15) is 4.79 Å². The number of ether oxygens (including phenoxy) is 3. The van der Waals surface area contributed by atoms with Crippen LogP contribution in [0.4, 0.5) is 11.4 Å². The third-order valence-electron chi connectivity index (χ3n) is 4.79. The van der Waals surface area contributed by atoms with Crippen LogP contribution in [-0.4, -0.2) is 32.4 Å². The van der Waals surface area contributed by atoms with Crippen molar-refractivity contribution in [3.63, 3.8) is 0 Å². The number of benzene rings is 3. The SMILES string of the molecule is COc1cc(/C=C2\SC(=Nc3ccccc3)N(c3ccccc3)C2=O)cc(OC)c1OC. The Balaban J connectivity index is 1.78. The molecular weight excluding hydrogens is 424 g/mol. The van der Waals surface area contributed by atoms with Crippen LogP contribution in [-0.2, 0) is 4.79 Å². The fraction of sp³-hybridized carbons (Fsp3) is 0.120. The Morgan fingerprint density at radius 2 is 1.44 bits per heavy atom. The smallest absolute Gasteiger partial charge is 0.271 e. The van der Waals surface area contributed by atoms with Crippen LogP contribution in [0.2, 0.25) is 0 Å². The van der Waals surface area contributed by atoms with Gasteiger partial charge in [-0.05, 0) is 59.8 Å². The predicted octanol–water partition coefficient (Wildman–Crippen LogP) is 5.52. The molecule has 1 aliphatic rings. The van der Waals surface area contributed by atoms with E-state index in [4.69, 9.17) is 19.2 Å². The molecule has 3 aromatic rings. The maximum atomic E-state index is 13.4. The van der Waals surface area contributed by atoms with E-state index in [0.29, 0.717) is 27.3 Å². The maximum Gasteiger partial charge on any atom is 0.271 e. The van der Waals surface area contributed by atoms with Crippen molar-refractivity contribution in [2.45, 2.75) is 0 Å². The van der Waals surface area contributed by atoms with E-state index in [1.54, 1.807) is 44.4 Å². The molecule has 162 valence electrons. The summed E-state index contributed by atoms with van der Waals surface area (Å²) in [6, 6.07) is 22.7. The molecule has 0 atom stereocenters. The van der Waals surface area contributed by atoms with Gasteiger partial charge in [0, 0.05) is 0 Å². The molecule has 0 aromatic heterocycles. The van der Waals surface area contributed by atoms with Gasteiger partial charge < -0.3 is 14.2 Å². The number of carbonyl (C=O) groups excluding carboxylic acids is 1. The van der Waals surface area contributed by atoms with Gasteiger partial charge in [-0.25, -0.2) is 4.99 Å². The maximum absolute atomic E-state index is 13.4. The number of rotatable bonds is 6. The van der Waals surface area contributed by atoms with E-state index >= 15 is 0 Å². The Labute approximate surface area is 191 Å². The summed E-state index contributed by atoms with van der Waals surface area (Å²) in [6.45, 7) is 0. The van der Waals surface area contributed by atoms with Crippen molar-refractivity contribution in [2.75, 3.05) is 26.2 Å². The lowest BCUT2D eigenvalue weighted by Crippen LogP contribution is -2.28. The van der Waals surface area contributed by atoms with Crippen LogP contribution in [0.1, 0.15) is 5.56 Å². The summed E-state index contributed by atoms with van der Waals surface area (Å²) in [5.74, 6) is 1.39. The second kappa shape index (κ2) is 9.62. The van der Waals surface area contributed by atoms with E-state index in [2.05, 4.69) is 0 Å². The van der Waals surface area contributed by atoms with E-state index in [1.165, 1.54) is 11.8 Å². The van der Waals surface area contributed by atoms with Crippen LogP contribution in [0.5, 0.6) is 17.2 Å². The van der Waals surface area contributed by atoms with Gasteiger partial charge in [0.25, 0.3) is 5.91 Å². The highest BCUT2D eigenvalue weighted by atomic mass is 32.2. The molecule has 3 aromatic carbocycles. The summed E-state index contributed by atoms with van der Waals surface area (Å²) in [5, 5.41) is 0.589. The van der Waals surface area contributed by atoms with Gasteiger partial charge in [0.05, 0.1) is 37.6 Å². The summed E-state index contributed by atoms with van der Waals surface area (Å²) >= 11 is 1.32. The lowest BCUT2D eigenvalue weighted by molar-refractivity contribution is -0.113. The van der Waals surface area contributed by atoms with Crippen LogP contribution in [0.25, 0.3) is 6.08 Å². The number of amidine groups is 1. The number of aliphatic imine (C=N–C) groups is 1. The zero-order chi connectivity index (χ0) is 22.5. The first-order valence-electron chi connectivity index (χ1n) is 9.87. The number of hydrogen-bond acceptors (Lipinski definition) is 6. The number of hydrogen-bond donors (Lipinski definition) is 0. The second-order valence-electron chi connectivity index (χ2n) is 6.78. The number of thioether (sulfide) groups is 1. The van der Waals surface area contributed by atoms with Crippen molar-refractivity contribution in [1.82, 2.24) is 0 Å². The monoisotopic (exact) mass is 446 g/mol. The van der Waals surface area contributed by atoms with Crippen molar-refractivity contribution >= 4 is 40.3 Å². The van der Waals surface area contributed by atoms with Gasteiger partial charge in [0.2, 0.25) is 5.75 Å². The molecule has 1 saturated heterocycles. The first-order chi connectivity index (χ1) is 15.6. The number of para-hydroxylation sites is 2. The number of nitrogens with zero attached hydrogens (tertiary/aromatic N) is 2. The molecule has 0 unspecified atom stereocenters. The van der Waals surface area contributed by atoms with Crippen LogP contribution < -0.4 is 19.1 Å². The fourth-order valence-electron chi connectivity index (χ4n) is 3.30. The summed E-state index contributed by atoms with van der Waals surface area (Å²) in [4.78, 5) is 20.3.